The summed E-state index contributed by atoms with van der Waals surface area (Å²) in [4.78, 5) is 53.4. The number of fused-ring (bicyclic) bond motifs is 2. The molecule has 0 bridgehead atoms. The van der Waals surface area contributed by atoms with Crippen LogP contribution in [0.2, 0.25) is 0 Å². The highest BCUT2D eigenvalue weighted by molar-refractivity contribution is 7.20. The minimum atomic E-state index is -1.31. The fourth-order valence-corrected chi connectivity index (χ4v) is 4.77. The molecule has 1 aromatic carbocycles. The number of carbonyl (C=O) groups is 2. The lowest BCUT2D eigenvalue weighted by Gasteiger charge is -2.11. The van der Waals surface area contributed by atoms with Gasteiger partial charge < -0.3 is 14.8 Å². The van der Waals surface area contributed by atoms with Crippen molar-refractivity contribution in [1.29, 1.82) is 0 Å². The second-order valence-electron chi connectivity index (χ2n) is 7.01. The summed E-state index contributed by atoms with van der Waals surface area (Å²) in [6.45, 7) is 2.78. The molecule has 0 saturated carbocycles. The first kappa shape index (κ1) is 20.6. The van der Waals surface area contributed by atoms with Gasteiger partial charge in [0.1, 0.15) is 16.3 Å². The molecule has 160 valence electrons. The Kier molecular flexibility index (Phi) is 5.24. The average molecular weight is 441 g/mol. The number of rotatable bonds is 6. The normalized spacial score (nSPS) is 11.3. The van der Waals surface area contributed by atoms with Crippen molar-refractivity contribution in [3.8, 4) is 0 Å². The topological polar surface area (TPSA) is 123 Å². The van der Waals surface area contributed by atoms with E-state index in [2.05, 4.69) is 4.98 Å². The molecular formula is C21H19N3O6S. The number of hydrogen-bond donors (Lipinski definition) is 2. The van der Waals surface area contributed by atoms with Crippen molar-refractivity contribution >= 4 is 44.4 Å². The molecule has 0 saturated heterocycles. The quantitative estimate of drug-likeness (QED) is 0.443. The molecule has 2 N–H and O–H groups in total. The first-order chi connectivity index (χ1) is 14.8. The van der Waals surface area contributed by atoms with Crippen LogP contribution in [-0.4, -0.2) is 37.8 Å². The van der Waals surface area contributed by atoms with E-state index < -0.39 is 29.7 Å². The van der Waals surface area contributed by atoms with Gasteiger partial charge in [-0.25, -0.2) is 14.2 Å². The van der Waals surface area contributed by atoms with Crippen molar-refractivity contribution in [1.82, 2.24) is 14.1 Å². The summed E-state index contributed by atoms with van der Waals surface area (Å²) in [7, 11) is 0. The second kappa shape index (κ2) is 7.88. The Bertz CT molecular complexity index is 1460. The summed E-state index contributed by atoms with van der Waals surface area (Å²) in [5.41, 5.74) is 0.626. The van der Waals surface area contributed by atoms with Gasteiger partial charge in [0.15, 0.2) is 0 Å². The van der Waals surface area contributed by atoms with Gasteiger partial charge in [-0.15, -0.1) is 11.3 Å². The van der Waals surface area contributed by atoms with Crippen molar-refractivity contribution in [2.45, 2.75) is 26.9 Å². The Labute approximate surface area is 179 Å². The van der Waals surface area contributed by atoms with Gasteiger partial charge in [0.2, 0.25) is 0 Å². The van der Waals surface area contributed by atoms with E-state index in [1.165, 1.54) is 4.57 Å². The number of aromatic nitrogens is 3. The van der Waals surface area contributed by atoms with Crippen LogP contribution in [0.4, 0.5) is 0 Å². The standard InChI is InChI=1S/C21H19N3O6S/c1-3-30-20(28)17-11(2)16-18(27)23(10-15(25)26)21(29)24(19(16)31-17)9-12-4-5-14-13(8-12)6-7-22-14/h4-8,22H,3,9-10H2,1-2H3,(H,25,26). The van der Waals surface area contributed by atoms with Crippen LogP contribution in [0.1, 0.15) is 27.7 Å². The lowest BCUT2D eigenvalue weighted by Crippen LogP contribution is -2.41. The van der Waals surface area contributed by atoms with Crippen molar-refractivity contribution in [3.63, 3.8) is 0 Å². The number of carboxylic acid groups (broad SMARTS) is 1. The molecule has 3 heterocycles. The smallest absolute Gasteiger partial charge is 0.348 e. The molecule has 9 nitrogen and oxygen atoms in total. The van der Waals surface area contributed by atoms with Crippen LogP contribution in [0.15, 0.2) is 40.1 Å². The number of hydrogen-bond acceptors (Lipinski definition) is 6. The number of carbonyl (C=O) groups excluding carboxylic acids is 1. The second-order valence-corrected chi connectivity index (χ2v) is 8.01. The molecule has 0 amide bonds. The van der Waals surface area contributed by atoms with Gasteiger partial charge >= 0.3 is 17.6 Å². The molecule has 0 fully saturated rings. The van der Waals surface area contributed by atoms with E-state index in [0.29, 0.717) is 15.0 Å². The third-order valence-electron chi connectivity index (χ3n) is 5.01. The van der Waals surface area contributed by atoms with Crippen LogP contribution >= 0.6 is 11.3 Å². The predicted octanol–water partition coefficient (Wildman–Crippen LogP) is 2.32. The summed E-state index contributed by atoms with van der Waals surface area (Å²) in [5.74, 6) is -1.89. The Morgan fingerprint density at radius 3 is 2.68 bits per heavy atom. The van der Waals surface area contributed by atoms with E-state index in [1.54, 1.807) is 20.0 Å². The van der Waals surface area contributed by atoms with Gasteiger partial charge in [0.05, 0.1) is 18.5 Å². The maximum atomic E-state index is 13.1. The van der Waals surface area contributed by atoms with Gasteiger partial charge in [-0.05, 0) is 48.6 Å². The summed E-state index contributed by atoms with van der Waals surface area (Å²) in [6.07, 6.45) is 1.81. The fraction of sp³-hybridized carbons (Fsp3) is 0.238. The maximum absolute atomic E-state index is 13.1. The molecule has 0 aliphatic heterocycles. The zero-order valence-electron chi connectivity index (χ0n) is 16.8. The first-order valence-electron chi connectivity index (χ1n) is 9.53. The highest BCUT2D eigenvalue weighted by atomic mass is 32.1. The van der Waals surface area contributed by atoms with Crippen molar-refractivity contribution in [3.05, 3.63) is 67.3 Å². The molecule has 0 aliphatic carbocycles. The van der Waals surface area contributed by atoms with Crippen LogP contribution in [-0.2, 0) is 22.6 Å². The minimum absolute atomic E-state index is 0.110. The van der Waals surface area contributed by atoms with Crippen molar-refractivity contribution < 1.29 is 19.4 Å². The van der Waals surface area contributed by atoms with E-state index in [-0.39, 0.29) is 23.4 Å². The molecule has 0 radical (unpaired) electrons. The number of thiophene rings is 1. The maximum Gasteiger partial charge on any atom is 0.348 e. The molecule has 0 atom stereocenters. The average Bonchev–Trinajstić information content (AvgIpc) is 3.32. The molecule has 31 heavy (non-hydrogen) atoms. The first-order valence-corrected chi connectivity index (χ1v) is 10.3. The van der Waals surface area contributed by atoms with E-state index in [4.69, 9.17) is 4.74 Å². The molecule has 0 aliphatic rings. The Morgan fingerprint density at radius 1 is 1.19 bits per heavy atom. The molecular weight excluding hydrogens is 422 g/mol. The van der Waals surface area contributed by atoms with Crippen LogP contribution in [0.5, 0.6) is 0 Å². The van der Waals surface area contributed by atoms with Crippen LogP contribution < -0.4 is 11.2 Å². The van der Waals surface area contributed by atoms with E-state index in [1.807, 2.05) is 24.3 Å². The van der Waals surface area contributed by atoms with E-state index in [0.717, 1.165) is 27.8 Å². The van der Waals surface area contributed by atoms with Gasteiger partial charge in [-0.2, -0.15) is 0 Å². The zero-order valence-corrected chi connectivity index (χ0v) is 17.6. The van der Waals surface area contributed by atoms with Crippen molar-refractivity contribution in [2.75, 3.05) is 6.61 Å². The number of ether oxygens (including phenoxy) is 1. The van der Waals surface area contributed by atoms with Gasteiger partial charge in [0, 0.05) is 11.7 Å². The third kappa shape index (κ3) is 3.55. The zero-order chi connectivity index (χ0) is 22.3. The molecule has 10 heteroatoms. The number of H-pyrrole nitrogens is 1. The van der Waals surface area contributed by atoms with Gasteiger partial charge in [0.25, 0.3) is 5.56 Å². The number of aromatic amines is 1. The number of nitrogens with one attached hydrogen (secondary N) is 1. The summed E-state index contributed by atoms with van der Waals surface area (Å²) >= 11 is 1.00. The molecule has 0 spiro atoms. The highest BCUT2D eigenvalue weighted by Gasteiger charge is 2.24. The number of nitrogens with zero attached hydrogens (tertiary/aromatic N) is 2. The SMILES string of the molecule is CCOC(=O)c1sc2c(c1C)c(=O)n(CC(=O)O)c(=O)n2Cc1ccc2[nH]ccc2c1. The highest BCUT2D eigenvalue weighted by Crippen LogP contribution is 2.29. The molecule has 4 aromatic rings. The number of carboxylic acids is 1. The largest absolute Gasteiger partial charge is 0.480 e. The summed E-state index contributed by atoms with van der Waals surface area (Å²) < 4.78 is 7.11. The number of esters is 1. The van der Waals surface area contributed by atoms with Gasteiger partial charge in [-0.1, -0.05) is 6.07 Å². The molecule has 4 rings (SSSR count). The number of aliphatic carboxylic acids is 1. The molecule has 0 unspecified atom stereocenters. The van der Waals surface area contributed by atoms with E-state index >= 15 is 0 Å². The lowest BCUT2D eigenvalue weighted by molar-refractivity contribution is -0.137. The monoisotopic (exact) mass is 441 g/mol. The summed E-state index contributed by atoms with van der Waals surface area (Å²) in [6, 6.07) is 7.53. The predicted molar refractivity (Wildman–Crippen MR) is 116 cm³/mol. The van der Waals surface area contributed by atoms with Crippen LogP contribution in [0.3, 0.4) is 0 Å². The Balaban J connectivity index is 1.97. The Hall–Kier alpha value is -3.66. The molecule has 3 aromatic heterocycles. The lowest BCUT2D eigenvalue weighted by atomic mass is 10.1. The van der Waals surface area contributed by atoms with E-state index in [9.17, 15) is 24.3 Å². The van der Waals surface area contributed by atoms with Crippen LogP contribution in [0, 0.1) is 6.92 Å². The third-order valence-corrected chi connectivity index (χ3v) is 6.30. The summed E-state index contributed by atoms with van der Waals surface area (Å²) in [5, 5.41) is 10.3. The van der Waals surface area contributed by atoms with Crippen molar-refractivity contribution in [2.24, 2.45) is 0 Å². The fourth-order valence-electron chi connectivity index (χ4n) is 3.58. The minimum Gasteiger partial charge on any atom is -0.480 e. The van der Waals surface area contributed by atoms with Gasteiger partial charge in [-0.3, -0.25) is 14.2 Å². The number of aryl methyl sites for hydroxylation is 1. The Morgan fingerprint density at radius 2 is 1.97 bits per heavy atom. The van der Waals surface area contributed by atoms with Crippen LogP contribution in [0.25, 0.3) is 21.1 Å². The number of benzene rings is 1.